The van der Waals surface area contributed by atoms with Gasteiger partial charge in [-0.25, -0.2) is 14.8 Å². The van der Waals surface area contributed by atoms with Crippen LogP contribution < -0.4 is 5.32 Å². The van der Waals surface area contributed by atoms with Crippen LogP contribution in [0.15, 0.2) is 15.4 Å². The molecular formula is C17H20N4O4S2. The summed E-state index contributed by atoms with van der Waals surface area (Å²) in [6, 6.07) is -0.477. The summed E-state index contributed by atoms with van der Waals surface area (Å²) in [5.41, 5.74) is 1.46. The van der Waals surface area contributed by atoms with Gasteiger partial charge in [-0.3, -0.25) is 9.59 Å². The third-order valence-corrected chi connectivity index (χ3v) is 5.99. The number of urea groups is 1. The average Bonchev–Trinajstić information content (AvgIpc) is 3.06. The minimum absolute atomic E-state index is 0.0743. The Hall–Kier alpha value is -2.07. The van der Waals surface area contributed by atoms with Crippen molar-refractivity contribution in [2.45, 2.75) is 39.0 Å². The molecule has 27 heavy (non-hydrogen) atoms. The highest BCUT2D eigenvalue weighted by molar-refractivity contribution is 8.14. The number of aliphatic imine (C=N–C) groups is 2. The van der Waals surface area contributed by atoms with Gasteiger partial charge in [-0.05, 0) is 26.2 Å². The number of ether oxygens (including phenoxy) is 1. The Balaban J connectivity index is 1.50. The summed E-state index contributed by atoms with van der Waals surface area (Å²) in [4.78, 5) is 47.6. The Labute approximate surface area is 164 Å². The SMILES string of the molecule is CCOC(=O)Cc1csc(NC(=O)CSC2=NC(=O)N=C3CCCCC32)n1. The molecule has 1 aliphatic carbocycles. The molecule has 144 valence electrons. The molecule has 3 amide bonds. The second-order valence-corrected chi connectivity index (χ2v) is 7.95. The van der Waals surface area contributed by atoms with Crippen molar-refractivity contribution in [3.05, 3.63) is 11.1 Å². The van der Waals surface area contributed by atoms with Gasteiger partial charge in [0.05, 0.1) is 29.5 Å². The van der Waals surface area contributed by atoms with Crippen LogP contribution in [0.5, 0.6) is 0 Å². The molecule has 1 aliphatic heterocycles. The molecule has 0 aromatic carbocycles. The molecule has 1 unspecified atom stereocenters. The van der Waals surface area contributed by atoms with Crippen molar-refractivity contribution in [1.82, 2.24) is 4.98 Å². The third kappa shape index (κ3) is 5.46. The number of fused-ring (bicyclic) bond motifs is 1. The number of carbonyl (C=O) groups is 3. The molecule has 0 bridgehead atoms. The lowest BCUT2D eigenvalue weighted by molar-refractivity contribution is -0.142. The summed E-state index contributed by atoms with van der Waals surface area (Å²) in [5.74, 6) is -0.360. The Morgan fingerprint density at radius 3 is 3.04 bits per heavy atom. The van der Waals surface area contributed by atoms with Crippen LogP contribution >= 0.6 is 23.1 Å². The van der Waals surface area contributed by atoms with Crippen LogP contribution in [0.1, 0.15) is 38.3 Å². The number of amides is 3. The van der Waals surface area contributed by atoms with Crippen LogP contribution in [0.3, 0.4) is 0 Å². The zero-order chi connectivity index (χ0) is 19.2. The van der Waals surface area contributed by atoms with Gasteiger partial charge in [0.2, 0.25) is 5.91 Å². The van der Waals surface area contributed by atoms with Crippen LogP contribution in [0.25, 0.3) is 0 Å². The highest BCUT2D eigenvalue weighted by Gasteiger charge is 2.30. The van der Waals surface area contributed by atoms with Gasteiger partial charge < -0.3 is 10.1 Å². The van der Waals surface area contributed by atoms with Gasteiger partial charge in [0.1, 0.15) is 0 Å². The molecule has 3 rings (SSSR count). The van der Waals surface area contributed by atoms with Crippen LogP contribution in [0, 0.1) is 5.92 Å². The fraction of sp³-hybridized carbons (Fsp3) is 0.529. The largest absolute Gasteiger partial charge is 0.466 e. The first-order valence-corrected chi connectivity index (χ1v) is 10.6. The smallest absolute Gasteiger partial charge is 0.367 e. The van der Waals surface area contributed by atoms with Crippen molar-refractivity contribution >= 4 is 56.9 Å². The molecule has 1 aromatic rings. The molecular weight excluding hydrogens is 388 g/mol. The van der Waals surface area contributed by atoms with Crippen molar-refractivity contribution in [3.8, 4) is 0 Å². The fourth-order valence-electron chi connectivity index (χ4n) is 2.95. The normalized spacial score (nSPS) is 19.0. The van der Waals surface area contributed by atoms with Gasteiger partial charge in [0.25, 0.3) is 0 Å². The summed E-state index contributed by atoms with van der Waals surface area (Å²) in [6.45, 7) is 2.07. The monoisotopic (exact) mass is 408 g/mol. The van der Waals surface area contributed by atoms with E-state index in [1.807, 2.05) is 0 Å². The summed E-state index contributed by atoms with van der Waals surface area (Å²) in [6.07, 6.45) is 3.94. The van der Waals surface area contributed by atoms with E-state index in [1.54, 1.807) is 12.3 Å². The minimum atomic E-state index is -0.477. The van der Waals surface area contributed by atoms with Crippen molar-refractivity contribution in [2.24, 2.45) is 15.9 Å². The number of rotatable bonds is 6. The molecule has 2 heterocycles. The number of nitrogens with zero attached hydrogens (tertiary/aromatic N) is 3. The molecule has 10 heteroatoms. The van der Waals surface area contributed by atoms with E-state index >= 15 is 0 Å². The number of esters is 1. The molecule has 0 saturated heterocycles. The van der Waals surface area contributed by atoms with E-state index in [0.717, 1.165) is 31.4 Å². The van der Waals surface area contributed by atoms with E-state index in [2.05, 4.69) is 20.3 Å². The molecule has 1 saturated carbocycles. The number of nitrogens with one attached hydrogen (secondary N) is 1. The summed E-state index contributed by atoms with van der Waals surface area (Å²) < 4.78 is 4.88. The minimum Gasteiger partial charge on any atom is -0.466 e. The number of carbonyl (C=O) groups excluding carboxylic acids is 3. The molecule has 1 N–H and O–H groups in total. The Bertz CT molecular complexity index is 803. The standard InChI is InChI=1S/C17H20N4O4S2/c1-2-25-14(23)7-10-8-27-17(18-10)20-13(22)9-26-15-11-5-3-4-6-12(11)19-16(24)21-15/h8,11H,2-7,9H2,1H3,(H,18,20,22). The van der Waals surface area contributed by atoms with Crippen molar-refractivity contribution in [3.63, 3.8) is 0 Å². The highest BCUT2D eigenvalue weighted by Crippen LogP contribution is 2.30. The number of thiazole rings is 1. The fourth-order valence-corrected chi connectivity index (χ4v) is 4.62. The third-order valence-electron chi connectivity index (χ3n) is 4.10. The van der Waals surface area contributed by atoms with E-state index in [0.29, 0.717) is 22.5 Å². The Kier molecular flexibility index (Phi) is 6.73. The molecule has 0 spiro atoms. The molecule has 0 radical (unpaired) electrons. The van der Waals surface area contributed by atoms with Crippen molar-refractivity contribution in [1.29, 1.82) is 0 Å². The van der Waals surface area contributed by atoms with Crippen molar-refractivity contribution < 1.29 is 19.1 Å². The molecule has 2 aliphatic rings. The zero-order valence-electron chi connectivity index (χ0n) is 14.9. The van der Waals surface area contributed by atoms with E-state index in [-0.39, 0.29) is 30.0 Å². The van der Waals surface area contributed by atoms with Gasteiger partial charge in [0, 0.05) is 17.0 Å². The highest BCUT2D eigenvalue weighted by atomic mass is 32.2. The molecule has 1 aromatic heterocycles. The van der Waals surface area contributed by atoms with Crippen LogP contribution in [0.2, 0.25) is 0 Å². The van der Waals surface area contributed by atoms with Gasteiger partial charge in [-0.1, -0.05) is 18.2 Å². The second kappa shape index (κ2) is 9.23. The van der Waals surface area contributed by atoms with E-state index in [1.165, 1.54) is 23.1 Å². The number of thioether (sulfide) groups is 1. The second-order valence-electron chi connectivity index (χ2n) is 6.10. The Morgan fingerprint density at radius 1 is 1.37 bits per heavy atom. The first-order chi connectivity index (χ1) is 13.0. The number of anilines is 1. The number of hydrogen-bond donors (Lipinski definition) is 1. The predicted octanol–water partition coefficient (Wildman–Crippen LogP) is 3.08. The van der Waals surface area contributed by atoms with Crippen LogP contribution in [-0.4, -0.2) is 46.0 Å². The average molecular weight is 409 g/mol. The maximum Gasteiger partial charge on any atom is 0.367 e. The van der Waals surface area contributed by atoms with E-state index in [4.69, 9.17) is 4.74 Å². The molecule has 1 atom stereocenters. The predicted molar refractivity (Wildman–Crippen MR) is 106 cm³/mol. The quantitative estimate of drug-likeness (QED) is 0.724. The molecule has 8 nitrogen and oxygen atoms in total. The van der Waals surface area contributed by atoms with E-state index in [9.17, 15) is 14.4 Å². The maximum absolute atomic E-state index is 12.2. The first-order valence-electron chi connectivity index (χ1n) is 8.78. The number of hydrogen-bond acceptors (Lipinski definition) is 7. The lowest BCUT2D eigenvalue weighted by Crippen LogP contribution is -2.31. The summed E-state index contributed by atoms with van der Waals surface area (Å²) in [5, 5.41) is 5.55. The van der Waals surface area contributed by atoms with E-state index < -0.39 is 6.03 Å². The summed E-state index contributed by atoms with van der Waals surface area (Å²) >= 11 is 2.53. The van der Waals surface area contributed by atoms with Crippen LogP contribution in [0.4, 0.5) is 9.93 Å². The maximum atomic E-state index is 12.2. The summed E-state index contributed by atoms with van der Waals surface area (Å²) in [7, 11) is 0. The van der Waals surface area contributed by atoms with Gasteiger partial charge in [0.15, 0.2) is 5.13 Å². The Morgan fingerprint density at radius 2 is 2.22 bits per heavy atom. The van der Waals surface area contributed by atoms with Crippen LogP contribution in [-0.2, 0) is 20.7 Å². The van der Waals surface area contributed by atoms with Gasteiger partial charge >= 0.3 is 12.0 Å². The first kappa shape index (κ1) is 19.7. The zero-order valence-corrected chi connectivity index (χ0v) is 16.5. The number of aromatic nitrogens is 1. The van der Waals surface area contributed by atoms with Gasteiger partial charge in [-0.2, -0.15) is 4.99 Å². The molecule has 1 fully saturated rings. The lowest BCUT2D eigenvalue weighted by atomic mass is 9.87. The topological polar surface area (TPSA) is 110 Å². The lowest BCUT2D eigenvalue weighted by Gasteiger charge is -2.26. The van der Waals surface area contributed by atoms with Crippen molar-refractivity contribution in [2.75, 3.05) is 17.7 Å². The van der Waals surface area contributed by atoms with Gasteiger partial charge in [-0.15, -0.1) is 11.3 Å².